The van der Waals surface area contributed by atoms with Crippen LogP contribution in [0.3, 0.4) is 0 Å². The summed E-state index contributed by atoms with van der Waals surface area (Å²) in [5.74, 6) is 2.64. The van der Waals surface area contributed by atoms with E-state index in [1.54, 1.807) is 0 Å². The van der Waals surface area contributed by atoms with Gasteiger partial charge in [0.15, 0.2) is 28.6 Å². The molecule has 5 aromatic carbocycles. The molecule has 198 valence electrons. The fourth-order valence-corrected chi connectivity index (χ4v) is 4.96. The van der Waals surface area contributed by atoms with E-state index in [2.05, 4.69) is 0 Å². The van der Waals surface area contributed by atoms with E-state index in [1.807, 2.05) is 127 Å². The number of oxazole rings is 2. The number of benzene rings is 5. The van der Waals surface area contributed by atoms with Crippen LogP contribution in [0.1, 0.15) is 0 Å². The largest absolute Gasteiger partial charge is 0.436 e. The summed E-state index contributed by atoms with van der Waals surface area (Å²) in [6, 6.07) is 41.1. The van der Waals surface area contributed by atoms with Crippen molar-refractivity contribution in [3.05, 3.63) is 127 Å². The topological polar surface area (TPSA) is 90.7 Å². The Bertz CT molecular complexity index is 2080. The Morgan fingerprint density at radius 2 is 0.810 bits per heavy atom. The van der Waals surface area contributed by atoms with Gasteiger partial charge in [0.2, 0.25) is 11.8 Å². The third-order valence-electron chi connectivity index (χ3n) is 7.03. The molecule has 0 unspecified atom stereocenters. The third kappa shape index (κ3) is 4.30. The number of aromatic nitrogens is 5. The van der Waals surface area contributed by atoms with Gasteiger partial charge in [0, 0.05) is 22.3 Å². The smallest absolute Gasteiger partial charge is 0.228 e. The van der Waals surface area contributed by atoms with Gasteiger partial charge in [-0.1, -0.05) is 91.0 Å². The normalized spacial score (nSPS) is 11.3. The molecule has 0 amide bonds. The monoisotopic (exact) mass is 543 g/mol. The molecule has 0 saturated carbocycles. The maximum absolute atomic E-state index is 6.23. The van der Waals surface area contributed by atoms with Crippen LogP contribution in [0.2, 0.25) is 0 Å². The van der Waals surface area contributed by atoms with Gasteiger partial charge in [-0.15, -0.1) is 0 Å². The van der Waals surface area contributed by atoms with Crippen LogP contribution in [0.4, 0.5) is 0 Å². The lowest BCUT2D eigenvalue weighted by atomic mass is 10.0. The maximum Gasteiger partial charge on any atom is 0.228 e. The van der Waals surface area contributed by atoms with Gasteiger partial charge in [0.25, 0.3) is 0 Å². The highest BCUT2D eigenvalue weighted by atomic mass is 16.4. The molecule has 0 spiro atoms. The van der Waals surface area contributed by atoms with Gasteiger partial charge >= 0.3 is 0 Å². The van der Waals surface area contributed by atoms with Crippen LogP contribution in [-0.4, -0.2) is 24.9 Å². The molecule has 0 atom stereocenters. The molecule has 8 aromatic rings. The molecule has 0 saturated heterocycles. The standard InChI is InChI=1S/C35H21N5O2/c1-3-11-22(12-4-1)31-38-32(23-13-5-2-6-14-23)40-33(39-31)24-19-20-25(34-36-27-15-7-9-17-29(27)41-34)26(21-24)35-37-28-16-8-10-18-30(28)42-35/h1-21H. The molecule has 0 aliphatic carbocycles. The molecule has 0 N–H and O–H groups in total. The highest BCUT2D eigenvalue weighted by Crippen LogP contribution is 2.37. The second kappa shape index (κ2) is 9.91. The van der Waals surface area contributed by atoms with E-state index < -0.39 is 0 Å². The molecule has 0 aliphatic rings. The lowest BCUT2D eigenvalue weighted by Crippen LogP contribution is -2.00. The minimum absolute atomic E-state index is 0.455. The van der Waals surface area contributed by atoms with Crippen molar-refractivity contribution >= 4 is 22.2 Å². The fraction of sp³-hybridized carbons (Fsp3) is 0. The van der Waals surface area contributed by atoms with Crippen LogP contribution < -0.4 is 0 Å². The number of hydrogen-bond acceptors (Lipinski definition) is 7. The van der Waals surface area contributed by atoms with E-state index in [9.17, 15) is 0 Å². The van der Waals surface area contributed by atoms with Crippen LogP contribution >= 0.6 is 0 Å². The first kappa shape index (κ1) is 23.9. The average molecular weight is 544 g/mol. The van der Waals surface area contributed by atoms with Crippen LogP contribution in [0, 0.1) is 0 Å². The van der Waals surface area contributed by atoms with Crippen molar-refractivity contribution in [1.29, 1.82) is 0 Å². The zero-order chi connectivity index (χ0) is 27.9. The maximum atomic E-state index is 6.23. The predicted octanol–water partition coefficient (Wildman–Crippen LogP) is 8.49. The highest BCUT2D eigenvalue weighted by molar-refractivity contribution is 5.86. The first-order chi connectivity index (χ1) is 20.8. The molecule has 3 heterocycles. The molecule has 3 aromatic heterocycles. The van der Waals surface area contributed by atoms with Gasteiger partial charge in [0.05, 0.1) is 5.56 Å². The van der Waals surface area contributed by atoms with E-state index in [1.165, 1.54) is 0 Å². The molecule has 0 bridgehead atoms. The number of nitrogens with zero attached hydrogens (tertiary/aromatic N) is 5. The molecule has 0 radical (unpaired) electrons. The molecule has 0 aliphatic heterocycles. The Hall–Kier alpha value is -5.95. The van der Waals surface area contributed by atoms with Gasteiger partial charge in [0.1, 0.15) is 11.0 Å². The zero-order valence-electron chi connectivity index (χ0n) is 22.2. The van der Waals surface area contributed by atoms with Crippen LogP contribution in [0.15, 0.2) is 136 Å². The van der Waals surface area contributed by atoms with Gasteiger partial charge in [-0.05, 0) is 36.4 Å². The number of fused-ring (bicyclic) bond motifs is 2. The van der Waals surface area contributed by atoms with Crippen LogP contribution in [0.5, 0.6) is 0 Å². The second-order valence-electron chi connectivity index (χ2n) is 9.77. The van der Waals surface area contributed by atoms with Gasteiger partial charge in [-0.3, -0.25) is 0 Å². The summed E-state index contributed by atoms with van der Waals surface area (Å²) in [7, 11) is 0. The Morgan fingerprint density at radius 3 is 1.33 bits per heavy atom. The number of rotatable bonds is 5. The molecule has 0 fully saturated rings. The quantitative estimate of drug-likeness (QED) is 0.215. The first-order valence-electron chi connectivity index (χ1n) is 13.5. The van der Waals surface area contributed by atoms with Gasteiger partial charge in [-0.2, -0.15) is 0 Å². The highest BCUT2D eigenvalue weighted by Gasteiger charge is 2.21. The zero-order valence-corrected chi connectivity index (χ0v) is 22.2. The SMILES string of the molecule is c1ccc(-c2nc(-c3ccccc3)nc(-c3ccc(-c4nc5ccccc5o4)c(-c4nc5ccccc5o4)c3)n2)cc1. The van der Waals surface area contributed by atoms with Crippen molar-refractivity contribution in [3.63, 3.8) is 0 Å². The summed E-state index contributed by atoms with van der Waals surface area (Å²) in [6.45, 7) is 0. The molecular weight excluding hydrogens is 522 g/mol. The minimum atomic E-state index is 0.455. The molecule has 7 heteroatoms. The molecular formula is C35H21N5O2. The average Bonchev–Trinajstić information content (AvgIpc) is 3.70. The number of hydrogen-bond donors (Lipinski definition) is 0. The van der Waals surface area contributed by atoms with E-state index >= 15 is 0 Å². The predicted molar refractivity (Wildman–Crippen MR) is 162 cm³/mol. The fourth-order valence-electron chi connectivity index (χ4n) is 4.96. The Balaban J connectivity index is 1.34. The van der Waals surface area contributed by atoms with Crippen LogP contribution in [0.25, 0.3) is 79.3 Å². The van der Waals surface area contributed by atoms with E-state index in [-0.39, 0.29) is 0 Å². The van der Waals surface area contributed by atoms with Crippen molar-refractivity contribution in [2.45, 2.75) is 0 Å². The van der Waals surface area contributed by atoms with Crippen LogP contribution in [-0.2, 0) is 0 Å². The lowest BCUT2D eigenvalue weighted by Gasteiger charge is -2.10. The summed E-state index contributed by atoms with van der Waals surface area (Å²) < 4.78 is 12.4. The van der Waals surface area contributed by atoms with Gasteiger partial charge in [-0.25, -0.2) is 24.9 Å². The number of para-hydroxylation sites is 4. The lowest BCUT2D eigenvalue weighted by molar-refractivity contribution is 0.611. The van der Waals surface area contributed by atoms with Crippen molar-refractivity contribution in [1.82, 2.24) is 24.9 Å². The third-order valence-corrected chi connectivity index (χ3v) is 7.03. The van der Waals surface area contributed by atoms with Crippen molar-refractivity contribution in [2.24, 2.45) is 0 Å². The summed E-state index contributed by atoms with van der Waals surface area (Å²) in [4.78, 5) is 24.2. The first-order valence-corrected chi connectivity index (χ1v) is 13.5. The summed E-state index contributed by atoms with van der Waals surface area (Å²) in [6.07, 6.45) is 0. The Kier molecular flexibility index (Phi) is 5.64. The van der Waals surface area contributed by atoms with Crippen molar-refractivity contribution < 1.29 is 8.83 Å². The van der Waals surface area contributed by atoms with Gasteiger partial charge < -0.3 is 8.83 Å². The Labute approximate surface area is 240 Å². The summed E-state index contributed by atoms with van der Waals surface area (Å²) >= 11 is 0. The summed E-state index contributed by atoms with van der Waals surface area (Å²) in [5.41, 5.74) is 7.00. The second-order valence-corrected chi connectivity index (χ2v) is 9.77. The minimum Gasteiger partial charge on any atom is -0.436 e. The molecule has 42 heavy (non-hydrogen) atoms. The molecule has 8 rings (SSSR count). The summed E-state index contributed by atoms with van der Waals surface area (Å²) in [5, 5.41) is 0. The van der Waals surface area contributed by atoms with E-state index in [0.717, 1.165) is 38.9 Å². The Morgan fingerprint density at radius 1 is 0.357 bits per heavy atom. The molecule has 7 nitrogen and oxygen atoms in total. The van der Waals surface area contributed by atoms with Crippen molar-refractivity contribution in [3.8, 4) is 57.1 Å². The van der Waals surface area contributed by atoms with Crippen molar-refractivity contribution in [2.75, 3.05) is 0 Å². The van der Waals surface area contributed by atoms with E-state index in [4.69, 9.17) is 33.8 Å². The van der Waals surface area contributed by atoms with E-state index in [0.29, 0.717) is 40.4 Å².